The highest BCUT2D eigenvalue weighted by atomic mass is 16.3. The summed E-state index contributed by atoms with van der Waals surface area (Å²) in [7, 11) is 0. The molecule has 0 heterocycles. The first-order valence-electron chi connectivity index (χ1n) is 6.37. The molecule has 0 atom stereocenters. The maximum Gasteiger partial charge on any atom is 0.266 e. The molecule has 0 aliphatic rings. The first kappa shape index (κ1) is 14.4. The first-order valence-corrected chi connectivity index (χ1v) is 6.37. The Morgan fingerprint density at radius 2 is 1.95 bits per heavy atom. The molecule has 2 N–H and O–H groups in total. The van der Waals surface area contributed by atoms with Crippen molar-refractivity contribution < 1.29 is 9.90 Å². The van der Waals surface area contributed by atoms with Crippen LogP contribution in [0.2, 0.25) is 0 Å². The Kier molecular flexibility index (Phi) is 4.37. The molecule has 1 amide bonds. The van der Waals surface area contributed by atoms with Crippen LogP contribution in [-0.4, -0.2) is 11.0 Å². The zero-order chi connectivity index (χ0) is 15.2. The zero-order valence-electron chi connectivity index (χ0n) is 11.5. The van der Waals surface area contributed by atoms with Gasteiger partial charge in [0.05, 0.1) is 0 Å². The summed E-state index contributed by atoms with van der Waals surface area (Å²) < 4.78 is 0. The molecule has 0 bridgehead atoms. The van der Waals surface area contributed by atoms with E-state index in [1.54, 1.807) is 18.2 Å². The molecular formula is C17H14N2O2. The van der Waals surface area contributed by atoms with Crippen molar-refractivity contribution >= 4 is 17.7 Å². The molecule has 0 saturated carbocycles. The summed E-state index contributed by atoms with van der Waals surface area (Å²) in [5.41, 5.74) is 2.39. The van der Waals surface area contributed by atoms with Gasteiger partial charge in [0, 0.05) is 5.69 Å². The number of rotatable bonds is 3. The average Bonchev–Trinajstić information content (AvgIpc) is 2.47. The molecule has 2 rings (SSSR count). The number of hydrogen-bond donors (Lipinski definition) is 2. The van der Waals surface area contributed by atoms with E-state index in [9.17, 15) is 9.90 Å². The number of carbonyl (C=O) groups is 1. The van der Waals surface area contributed by atoms with Gasteiger partial charge in [-0.1, -0.05) is 29.8 Å². The van der Waals surface area contributed by atoms with Crippen LogP contribution in [0.4, 0.5) is 5.69 Å². The van der Waals surface area contributed by atoms with Gasteiger partial charge in [0.25, 0.3) is 5.91 Å². The number of nitrogens with one attached hydrogen (secondary N) is 1. The Balaban J connectivity index is 2.19. The highest BCUT2D eigenvalue weighted by Crippen LogP contribution is 2.15. The second kappa shape index (κ2) is 6.40. The van der Waals surface area contributed by atoms with Crippen molar-refractivity contribution in [3.63, 3.8) is 0 Å². The molecule has 0 fully saturated rings. The predicted molar refractivity (Wildman–Crippen MR) is 81.5 cm³/mol. The van der Waals surface area contributed by atoms with Crippen LogP contribution in [0.1, 0.15) is 11.1 Å². The molecule has 2 aromatic carbocycles. The molecule has 104 valence electrons. The number of amides is 1. The van der Waals surface area contributed by atoms with E-state index >= 15 is 0 Å². The van der Waals surface area contributed by atoms with Crippen LogP contribution in [0.3, 0.4) is 0 Å². The van der Waals surface area contributed by atoms with E-state index in [4.69, 9.17) is 5.26 Å². The van der Waals surface area contributed by atoms with Crippen LogP contribution in [-0.2, 0) is 4.79 Å². The maximum absolute atomic E-state index is 12.1. The molecule has 4 heteroatoms. The number of benzene rings is 2. The highest BCUT2D eigenvalue weighted by molar-refractivity contribution is 6.09. The number of phenols is 1. The van der Waals surface area contributed by atoms with Crippen LogP contribution >= 0.6 is 0 Å². The van der Waals surface area contributed by atoms with Gasteiger partial charge in [-0.15, -0.1) is 0 Å². The van der Waals surface area contributed by atoms with Crippen molar-refractivity contribution in [3.8, 4) is 11.8 Å². The van der Waals surface area contributed by atoms with Gasteiger partial charge < -0.3 is 10.4 Å². The number of anilines is 1. The van der Waals surface area contributed by atoms with Crippen LogP contribution in [0, 0.1) is 18.3 Å². The second-order valence-electron chi connectivity index (χ2n) is 4.58. The van der Waals surface area contributed by atoms with Crippen LogP contribution in [0.5, 0.6) is 5.75 Å². The summed E-state index contributed by atoms with van der Waals surface area (Å²) in [6.45, 7) is 1.94. The van der Waals surface area contributed by atoms with Gasteiger partial charge in [-0.25, -0.2) is 0 Å². The Labute approximate surface area is 123 Å². The van der Waals surface area contributed by atoms with Crippen molar-refractivity contribution in [1.29, 1.82) is 5.26 Å². The number of carbonyl (C=O) groups excluding carboxylic acids is 1. The number of nitriles is 1. The van der Waals surface area contributed by atoms with Gasteiger partial charge in [-0.3, -0.25) is 4.79 Å². The lowest BCUT2D eigenvalue weighted by molar-refractivity contribution is -0.112. The van der Waals surface area contributed by atoms with Crippen molar-refractivity contribution in [2.45, 2.75) is 6.92 Å². The topological polar surface area (TPSA) is 73.1 Å². The zero-order valence-corrected chi connectivity index (χ0v) is 11.5. The van der Waals surface area contributed by atoms with Crippen molar-refractivity contribution in [2.75, 3.05) is 5.32 Å². The van der Waals surface area contributed by atoms with Crippen molar-refractivity contribution in [2.24, 2.45) is 0 Å². The van der Waals surface area contributed by atoms with Gasteiger partial charge in [0.15, 0.2) is 0 Å². The standard InChI is InChI=1S/C17H14N2O2/c1-12-3-2-4-13(9-12)10-14(11-18)17(21)19-15-5-7-16(20)8-6-15/h2-10,20H,1H3,(H,19,21)/b14-10-. The minimum absolute atomic E-state index is 0.0219. The van der Waals surface area contributed by atoms with E-state index in [-0.39, 0.29) is 11.3 Å². The van der Waals surface area contributed by atoms with Gasteiger partial charge in [0.2, 0.25) is 0 Å². The Hall–Kier alpha value is -3.06. The lowest BCUT2D eigenvalue weighted by Gasteiger charge is -2.04. The van der Waals surface area contributed by atoms with Crippen molar-refractivity contribution in [1.82, 2.24) is 0 Å². The monoisotopic (exact) mass is 278 g/mol. The number of phenolic OH excluding ortho intramolecular Hbond substituents is 1. The fourth-order valence-corrected chi connectivity index (χ4v) is 1.82. The summed E-state index contributed by atoms with van der Waals surface area (Å²) in [4.78, 5) is 12.1. The number of aryl methyl sites for hydroxylation is 1. The third-order valence-electron chi connectivity index (χ3n) is 2.84. The molecule has 0 aliphatic carbocycles. The summed E-state index contributed by atoms with van der Waals surface area (Å²) in [5, 5.41) is 20.9. The Bertz CT molecular complexity index is 725. The van der Waals surface area contributed by atoms with E-state index < -0.39 is 5.91 Å². The van der Waals surface area contributed by atoms with Crippen molar-refractivity contribution in [3.05, 3.63) is 65.2 Å². The van der Waals surface area contributed by atoms with Gasteiger partial charge in [-0.05, 0) is 42.8 Å². The largest absolute Gasteiger partial charge is 0.508 e. The highest BCUT2D eigenvalue weighted by Gasteiger charge is 2.09. The molecule has 2 aromatic rings. The molecule has 4 nitrogen and oxygen atoms in total. The number of hydrogen-bond acceptors (Lipinski definition) is 3. The minimum Gasteiger partial charge on any atom is -0.508 e. The molecular weight excluding hydrogens is 264 g/mol. The second-order valence-corrected chi connectivity index (χ2v) is 4.58. The summed E-state index contributed by atoms with van der Waals surface area (Å²) in [6, 6.07) is 15.5. The number of aromatic hydroxyl groups is 1. The molecule has 0 radical (unpaired) electrons. The van der Waals surface area contributed by atoms with Crippen LogP contribution in [0.15, 0.2) is 54.1 Å². The maximum atomic E-state index is 12.1. The average molecular weight is 278 g/mol. The van der Waals surface area contributed by atoms with E-state index in [1.165, 1.54) is 12.1 Å². The van der Waals surface area contributed by atoms with E-state index in [0.29, 0.717) is 5.69 Å². The molecule has 0 saturated heterocycles. The molecule has 0 aliphatic heterocycles. The Morgan fingerprint density at radius 3 is 2.57 bits per heavy atom. The van der Waals surface area contributed by atoms with E-state index in [1.807, 2.05) is 37.3 Å². The van der Waals surface area contributed by atoms with Gasteiger partial charge in [0.1, 0.15) is 17.4 Å². The fraction of sp³-hybridized carbons (Fsp3) is 0.0588. The molecule has 0 aromatic heterocycles. The summed E-state index contributed by atoms with van der Waals surface area (Å²) >= 11 is 0. The predicted octanol–water partition coefficient (Wildman–Crippen LogP) is 3.25. The summed E-state index contributed by atoms with van der Waals surface area (Å²) in [5.74, 6) is -0.367. The molecule has 0 unspecified atom stereocenters. The van der Waals surface area contributed by atoms with Gasteiger partial charge >= 0.3 is 0 Å². The first-order chi connectivity index (χ1) is 10.1. The lowest BCUT2D eigenvalue weighted by Crippen LogP contribution is -2.13. The fourth-order valence-electron chi connectivity index (χ4n) is 1.82. The third-order valence-corrected chi connectivity index (χ3v) is 2.84. The minimum atomic E-state index is -0.482. The number of nitrogens with zero attached hydrogens (tertiary/aromatic N) is 1. The van der Waals surface area contributed by atoms with Crippen LogP contribution in [0.25, 0.3) is 6.08 Å². The molecule has 0 spiro atoms. The van der Waals surface area contributed by atoms with E-state index in [2.05, 4.69) is 5.32 Å². The lowest BCUT2D eigenvalue weighted by atomic mass is 10.1. The quantitative estimate of drug-likeness (QED) is 0.514. The SMILES string of the molecule is Cc1cccc(/C=C(/C#N)C(=O)Nc2ccc(O)cc2)c1. The van der Waals surface area contributed by atoms with E-state index in [0.717, 1.165) is 11.1 Å². The third kappa shape index (κ3) is 3.95. The van der Waals surface area contributed by atoms with Gasteiger partial charge in [-0.2, -0.15) is 5.26 Å². The normalized spacial score (nSPS) is 10.8. The Morgan fingerprint density at radius 1 is 1.24 bits per heavy atom. The van der Waals surface area contributed by atoms with Crippen LogP contribution < -0.4 is 5.32 Å². The smallest absolute Gasteiger partial charge is 0.266 e. The summed E-state index contributed by atoms with van der Waals surface area (Å²) in [6.07, 6.45) is 1.54. The molecule has 21 heavy (non-hydrogen) atoms.